The number of imide groups is 1. The van der Waals surface area contributed by atoms with Crippen molar-refractivity contribution in [2.45, 2.75) is 25.5 Å². The topological polar surface area (TPSA) is 119 Å². The number of ether oxygens (including phenoxy) is 1. The molecule has 0 bridgehead atoms. The summed E-state index contributed by atoms with van der Waals surface area (Å²) in [4.78, 5) is 33.1. The predicted octanol–water partition coefficient (Wildman–Crippen LogP) is 0.631. The second-order valence-electron chi connectivity index (χ2n) is 4.09. The molecule has 0 saturated heterocycles. The minimum atomic E-state index is -1.19. The van der Waals surface area contributed by atoms with Gasteiger partial charge in [-0.15, -0.1) is 0 Å². The number of carboxylic acids is 1. The molecule has 1 aromatic rings. The molecule has 0 aliphatic carbocycles. The van der Waals surface area contributed by atoms with Crippen LogP contribution in [0.3, 0.4) is 0 Å². The summed E-state index contributed by atoms with van der Waals surface area (Å²) < 4.78 is 4.83. The summed E-state index contributed by atoms with van der Waals surface area (Å²) in [5.74, 6) is -1.82. The first-order valence-corrected chi connectivity index (χ1v) is 5.98. The first kappa shape index (κ1) is 15.6. The Hall–Kier alpha value is -2.41. The third-order valence-electron chi connectivity index (χ3n) is 2.45. The van der Waals surface area contributed by atoms with Crippen LogP contribution >= 0.6 is 0 Å². The smallest absolute Gasteiger partial charge is 0.414 e. The van der Waals surface area contributed by atoms with Crippen molar-refractivity contribution in [1.29, 1.82) is 0 Å². The second-order valence-corrected chi connectivity index (χ2v) is 4.09. The molecule has 0 unspecified atom stereocenters. The van der Waals surface area contributed by atoms with Crippen molar-refractivity contribution >= 4 is 18.0 Å². The van der Waals surface area contributed by atoms with E-state index in [2.05, 4.69) is 0 Å². The average molecular weight is 280 g/mol. The van der Waals surface area contributed by atoms with Gasteiger partial charge in [0, 0.05) is 6.42 Å². The number of aliphatic carboxylic acids is 1. The SMILES string of the molecule is N[C@@H](CCC(=O)NC(=O)OCc1ccccc1)C(=O)O. The van der Waals surface area contributed by atoms with Crippen molar-refractivity contribution in [3.63, 3.8) is 0 Å². The zero-order chi connectivity index (χ0) is 15.0. The first-order chi connectivity index (χ1) is 9.49. The van der Waals surface area contributed by atoms with Gasteiger partial charge in [0.2, 0.25) is 5.91 Å². The highest BCUT2D eigenvalue weighted by Crippen LogP contribution is 2.01. The van der Waals surface area contributed by atoms with Gasteiger partial charge >= 0.3 is 12.1 Å². The lowest BCUT2D eigenvalue weighted by molar-refractivity contribution is -0.138. The molecule has 4 N–H and O–H groups in total. The van der Waals surface area contributed by atoms with Crippen LogP contribution < -0.4 is 11.1 Å². The molecule has 0 aromatic heterocycles. The summed E-state index contributed by atoms with van der Waals surface area (Å²) in [5.41, 5.74) is 6.03. The quantitative estimate of drug-likeness (QED) is 0.703. The maximum atomic E-state index is 11.3. The number of carbonyl (C=O) groups excluding carboxylic acids is 2. The molecule has 0 fully saturated rings. The molecule has 108 valence electrons. The number of alkyl carbamates (subject to hydrolysis) is 1. The molecular weight excluding hydrogens is 264 g/mol. The van der Waals surface area contributed by atoms with Crippen molar-refractivity contribution < 1.29 is 24.2 Å². The van der Waals surface area contributed by atoms with Crippen LogP contribution in [0.5, 0.6) is 0 Å². The Kier molecular flexibility index (Phi) is 6.18. The van der Waals surface area contributed by atoms with Gasteiger partial charge in [0.25, 0.3) is 0 Å². The summed E-state index contributed by atoms with van der Waals surface area (Å²) >= 11 is 0. The highest BCUT2D eigenvalue weighted by Gasteiger charge is 2.15. The van der Waals surface area contributed by atoms with Gasteiger partial charge in [-0.05, 0) is 12.0 Å². The zero-order valence-electron chi connectivity index (χ0n) is 10.7. The number of amides is 2. The third kappa shape index (κ3) is 5.96. The van der Waals surface area contributed by atoms with Crippen molar-refractivity contribution in [3.8, 4) is 0 Å². The third-order valence-corrected chi connectivity index (χ3v) is 2.45. The van der Waals surface area contributed by atoms with E-state index in [4.69, 9.17) is 15.6 Å². The van der Waals surface area contributed by atoms with Gasteiger partial charge in [-0.1, -0.05) is 30.3 Å². The number of carboxylic acid groups (broad SMARTS) is 1. The van der Waals surface area contributed by atoms with Gasteiger partial charge in [-0.25, -0.2) is 4.79 Å². The number of hydrogen-bond donors (Lipinski definition) is 3. The van der Waals surface area contributed by atoms with E-state index in [9.17, 15) is 14.4 Å². The molecule has 0 saturated carbocycles. The van der Waals surface area contributed by atoms with Gasteiger partial charge in [0.05, 0.1) is 0 Å². The Morgan fingerprint density at radius 3 is 2.50 bits per heavy atom. The summed E-state index contributed by atoms with van der Waals surface area (Å²) in [6, 6.07) is 7.87. The van der Waals surface area contributed by atoms with E-state index in [0.29, 0.717) is 0 Å². The molecular formula is C13H16N2O5. The van der Waals surface area contributed by atoms with Crippen LogP contribution in [0.4, 0.5) is 4.79 Å². The molecule has 2 amide bonds. The predicted molar refractivity (Wildman–Crippen MR) is 69.6 cm³/mol. The number of nitrogens with two attached hydrogens (primary N) is 1. The fourth-order valence-electron chi connectivity index (χ4n) is 1.35. The average Bonchev–Trinajstić information content (AvgIpc) is 2.43. The molecule has 1 aromatic carbocycles. The largest absolute Gasteiger partial charge is 0.480 e. The maximum absolute atomic E-state index is 11.3. The standard InChI is InChI=1S/C13H16N2O5/c14-10(12(17)18)6-7-11(16)15-13(19)20-8-9-4-2-1-3-5-9/h1-5,10H,6-8,14H2,(H,17,18)(H,15,16,19)/t10-/m0/s1. The van der Waals surface area contributed by atoms with Crippen LogP contribution in [0.1, 0.15) is 18.4 Å². The van der Waals surface area contributed by atoms with Crippen LogP contribution in [-0.4, -0.2) is 29.1 Å². The van der Waals surface area contributed by atoms with E-state index < -0.39 is 24.0 Å². The Bertz CT molecular complexity index is 475. The molecule has 20 heavy (non-hydrogen) atoms. The van der Waals surface area contributed by atoms with E-state index in [0.717, 1.165) is 5.56 Å². The van der Waals surface area contributed by atoms with Gasteiger partial charge in [-0.2, -0.15) is 0 Å². The van der Waals surface area contributed by atoms with Crippen LogP contribution in [0, 0.1) is 0 Å². The molecule has 1 rings (SSSR count). The number of rotatable bonds is 6. The lowest BCUT2D eigenvalue weighted by atomic mass is 10.1. The van der Waals surface area contributed by atoms with Crippen molar-refractivity contribution in [2.24, 2.45) is 5.73 Å². The molecule has 7 nitrogen and oxygen atoms in total. The van der Waals surface area contributed by atoms with E-state index in [1.54, 1.807) is 24.3 Å². The zero-order valence-corrected chi connectivity index (χ0v) is 10.7. The van der Waals surface area contributed by atoms with Crippen LogP contribution in [-0.2, 0) is 20.9 Å². The monoisotopic (exact) mass is 280 g/mol. The minimum absolute atomic E-state index is 0.0485. The molecule has 0 spiro atoms. The molecule has 0 heterocycles. The van der Waals surface area contributed by atoms with Crippen molar-refractivity contribution in [1.82, 2.24) is 5.32 Å². The van der Waals surface area contributed by atoms with E-state index in [1.165, 1.54) is 0 Å². The summed E-state index contributed by atoms with van der Waals surface area (Å²) in [6.07, 6.45) is -1.08. The molecule has 7 heteroatoms. The van der Waals surface area contributed by atoms with Gasteiger partial charge in [0.1, 0.15) is 12.6 Å². The fourth-order valence-corrected chi connectivity index (χ4v) is 1.35. The van der Waals surface area contributed by atoms with Gasteiger partial charge < -0.3 is 15.6 Å². The van der Waals surface area contributed by atoms with Crippen molar-refractivity contribution in [3.05, 3.63) is 35.9 Å². The van der Waals surface area contributed by atoms with Crippen LogP contribution in [0.15, 0.2) is 30.3 Å². The molecule has 0 aliphatic rings. The fraction of sp³-hybridized carbons (Fsp3) is 0.308. The first-order valence-electron chi connectivity index (χ1n) is 5.98. The molecule has 0 aliphatic heterocycles. The highest BCUT2D eigenvalue weighted by atomic mass is 16.5. The normalized spacial score (nSPS) is 11.4. The molecule has 0 radical (unpaired) electrons. The number of hydrogen-bond acceptors (Lipinski definition) is 5. The Balaban J connectivity index is 2.25. The maximum Gasteiger partial charge on any atom is 0.414 e. The summed E-state index contributed by atoms with van der Waals surface area (Å²) in [7, 11) is 0. The molecule has 1 atom stereocenters. The Labute approximate surface area is 115 Å². The Morgan fingerprint density at radius 1 is 1.25 bits per heavy atom. The van der Waals surface area contributed by atoms with E-state index in [-0.39, 0.29) is 19.4 Å². The lowest BCUT2D eigenvalue weighted by Crippen LogP contribution is -2.35. The number of carbonyl (C=O) groups is 3. The summed E-state index contributed by atoms with van der Waals surface area (Å²) in [6.45, 7) is 0.0502. The van der Waals surface area contributed by atoms with Crippen LogP contribution in [0.25, 0.3) is 0 Å². The van der Waals surface area contributed by atoms with Gasteiger partial charge in [-0.3, -0.25) is 14.9 Å². The number of nitrogens with one attached hydrogen (secondary N) is 1. The second kappa shape index (κ2) is 7.90. The van der Waals surface area contributed by atoms with E-state index >= 15 is 0 Å². The number of benzene rings is 1. The van der Waals surface area contributed by atoms with Crippen LogP contribution in [0.2, 0.25) is 0 Å². The van der Waals surface area contributed by atoms with Gasteiger partial charge in [0.15, 0.2) is 0 Å². The summed E-state index contributed by atoms with van der Waals surface area (Å²) in [5, 5.41) is 10.5. The lowest BCUT2D eigenvalue weighted by Gasteiger charge is -2.07. The Morgan fingerprint density at radius 2 is 1.90 bits per heavy atom. The minimum Gasteiger partial charge on any atom is -0.480 e. The highest BCUT2D eigenvalue weighted by molar-refractivity contribution is 5.91. The van der Waals surface area contributed by atoms with E-state index in [1.807, 2.05) is 11.4 Å². The van der Waals surface area contributed by atoms with Crippen molar-refractivity contribution in [2.75, 3.05) is 0 Å².